The summed E-state index contributed by atoms with van der Waals surface area (Å²) in [4.78, 5) is 37.7. The van der Waals surface area contributed by atoms with Gasteiger partial charge in [-0.1, -0.05) is 26.8 Å². The van der Waals surface area contributed by atoms with Crippen LogP contribution in [-0.2, 0) is 19.1 Å². The van der Waals surface area contributed by atoms with Crippen LogP contribution in [0.3, 0.4) is 0 Å². The number of aliphatic hydroxyl groups excluding tert-OH is 1. The molecular formula is C27H36F2O7. The number of carbonyl (C=O) groups excluding carboxylic acids is 2. The van der Waals surface area contributed by atoms with Gasteiger partial charge in [0, 0.05) is 22.7 Å². The summed E-state index contributed by atoms with van der Waals surface area (Å²) in [6, 6.07) is 0. The maximum atomic E-state index is 17.3. The van der Waals surface area contributed by atoms with Gasteiger partial charge in [0.05, 0.1) is 6.10 Å². The fourth-order valence-corrected chi connectivity index (χ4v) is 7.69. The topological polar surface area (TPSA) is 110 Å². The smallest absolute Gasteiger partial charge is 0.478 e. The van der Waals surface area contributed by atoms with Crippen molar-refractivity contribution < 1.29 is 42.9 Å². The Bertz CT molecular complexity index is 1050. The first kappa shape index (κ1) is 26.8. The second-order valence-electron chi connectivity index (χ2n) is 12.1. The van der Waals surface area contributed by atoms with Gasteiger partial charge in [0.25, 0.3) is 0 Å². The number of aliphatic carboxylic acids is 1. The molecule has 0 aromatic rings. The van der Waals surface area contributed by atoms with E-state index in [0.29, 0.717) is 6.42 Å². The van der Waals surface area contributed by atoms with Crippen molar-refractivity contribution in [2.24, 2.45) is 28.6 Å². The molecular weight excluding hydrogens is 474 g/mol. The van der Waals surface area contributed by atoms with E-state index in [1.165, 1.54) is 19.1 Å². The third-order valence-corrected chi connectivity index (χ3v) is 9.94. The number of carboxylic acids is 1. The lowest BCUT2D eigenvalue weighted by Crippen LogP contribution is -2.71. The second-order valence-corrected chi connectivity index (χ2v) is 12.1. The van der Waals surface area contributed by atoms with E-state index in [4.69, 9.17) is 9.47 Å². The van der Waals surface area contributed by atoms with Crippen LogP contribution < -0.4 is 0 Å². The Kier molecular flexibility index (Phi) is 6.02. The number of halogens is 2. The van der Waals surface area contributed by atoms with Crippen LogP contribution in [0, 0.1) is 28.6 Å². The molecule has 0 unspecified atom stereocenters. The zero-order chi connectivity index (χ0) is 27.1. The molecule has 0 amide bonds. The fourth-order valence-electron chi connectivity index (χ4n) is 7.69. The number of hydrogen-bond donors (Lipinski definition) is 2. The van der Waals surface area contributed by atoms with Crippen LogP contribution in [-0.4, -0.2) is 57.3 Å². The number of ketones is 1. The predicted molar refractivity (Wildman–Crippen MR) is 125 cm³/mol. The second kappa shape index (κ2) is 8.10. The minimum Gasteiger partial charge on any atom is -0.478 e. The van der Waals surface area contributed by atoms with Crippen LogP contribution in [0.25, 0.3) is 0 Å². The molecule has 3 saturated carbocycles. The molecule has 0 saturated heterocycles. The van der Waals surface area contributed by atoms with Gasteiger partial charge in [0.2, 0.25) is 5.60 Å². The van der Waals surface area contributed by atoms with E-state index in [0.717, 1.165) is 6.08 Å². The number of ether oxygens (including phenoxy) is 2. The zero-order valence-corrected chi connectivity index (χ0v) is 21.6. The normalized spacial score (nSPS) is 45.8. The van der Waals surface area contributed by atoms with Gasteiger partial charge in [-0.15, -0.1) is 0 Å². The molecule has 0 aromatic carbocycles. The van der Waals surface area contributed by atoms with Crippen molar-refractivity contribution in [3.05, 3.63) is 23.8 Å². The van der Waals surface area contributed by atoms with Gasteiger partial charge in [0.15, 0.2) is 11.5 Å². The molecule has 0 radical (unpaired) electrons. The highest BCUT2D eigenvalue weighted by atomic mass is 19.1. The van der Waals surface area contributed by atoms with Gasteiger partial charge in [-0.3, -0.25) is 4.79 Å². The highest BCUT2D eigenvalue weighted by Gasteiger charge is 2.78. The van der Waals surface area contributed by atoms with Crippen LogP contribution in [0.2, 0.25) is 0 Å². The van der Waals surface area contributed by atoms with E-state index in [1.54, 1.807) is 34.6 Å². The SMILES string of the molecule is CCC(C)(C)OC(=O)O[C@@]1(C(=O)O)[C@H](C)C[C@H]2[C@@H]3C[C@H](F)C4=CC(=O)C=C[C@]4(C)[C@@]3(F)[C@@H](O)C[C@@]21C. The van der Waals surface area contributed by atoms with Crippen molar-refractivity contribution in [1.29, 1.82) is 0 Å². The Morgan fingerprint density at radius 1 is 1.22 bits per heavy atom. The van der Waals surface area contributed by atoms with Gasteiger partial charge in [-0.2, -0.15) is 0 Å². The third-order valence-electron chi connectivity index (χ3n) is 9.94. The molecule has 0 heterocycles. The summed E-state index contributed by atoms with van der Waals surface area (Å²) in [7, 11) is 0. The quantitative estimate of drug-likeness (QED) is 0.527. The summed E-state index contributed by atoms with van der Waals surface area (Å²) < 4.78 is 43.9. The predicted octanol–water partition coefficient (Wildman–Crippen LogP) is 4.72. The molecule has 4 rings (SSSR count). The number of allylic oxidation sites excluding steroid dienone is 4. The van der Waals surface area contributed by atoms with Crippen molar-refractivity contribution in [2.45, 2.75) is 96.4 Å². The molecule has 0 bridgehead atoms. The van der Waals surface area contributed by atoms with Crippen LogP contribution in [0.15, 0.2) is 23.8 Å². The van der Waals surface area contributed by atoms with Gasteiger partial charge in [-0.05, 0) is 70.1 Å². The number of fused-ring (bicyclic) bond motifs is 5. The van der Waals surface area contributed by atoms with E-state index in [9.17, 15) is 24.6 Å². The third kappa shape index (κ3) is 3.26. The maximum absolute atomic E-state index is 17.3. The van der Waals surface area contributed by atoms with Crippen LogP contribution >= 0.6 is 0 Å². The van der Waals surface area contributed by atoms with E-state index in [1.807, 2.05) is 0 Å². The lowest BCUT2D eigenvalue weighted by Gasteiger charge is -2.62. The molecule has 7 nitrogen and oxygen atoms in total. The van der Waals surface area contributed by atoms with Crippen molar-refractivity contribution in [3.63, 3.8) is 0 Å². The molecule has 0 spiro atoms. The average Bonchev–Trinajstić information content (AvgIpc) is 2.99. The van der Waals surface area contributed by atoms with Crippen LogP contribution in [0.1, 0.15) is 67.2 Å². The summed E-state index contributed by atoms with van der Waals surface area (Å²) in [5.41, 5.74) is -8.34. The molecule has 0 aliphatic heterocycles. The molecule has 0 aromatic heterocycles. The Hall–Kier alpha value is -2.29. The summed E-state index contributed by atoms with van der Waals surface area (Å²) in [5.74, 6) is -4.40. The van der Waals surface area contributed by atoms with E-state index >= 15 is 8.78 Å². The summed E-state index contributed by atoms with van der Waals surface area (Å²) in [6.45, 7) is 9.83. The molecule has 3 fully saturated rings. The van der Waals surface area contributed by atoms with Crippen molar-refractivity contribution in [2.75, 3.05) is 0 Å². The number of aliphatic hydroxyl groups is 1. The number of alkyl halides is 2. The van der Waals surface area contributed by atoms with Crippen molar-refractivity contribution >= 4 is 17.9 Å². The van der Waals surface area contributed by atoms with Gasteiger partial charge in [-0.25, -0.2) is 18.4 Å². The minimum absolute atomic E-state index is 0.00595. The Morgan fingerprint density at radius 2 is 1.86 bits per heavy atom. The first-order valence-corrected chi connectivity index (χ1v) is 12.6. The number of carboxylic acid groups (broad SMARTS) is 1. The molecule has 200 valence electrons. The molecule has 4 aliphatic carbocycles. The summed E-state index contributed by atoms with van der Waals surface area (Å²) in [6.07, 6.45) is -0.881. The van der Waals surface area contributed by atoms with Crippen molar-refractivity contribution in [1.82, 2.24) is 0 Å². The lowest BCUT2D eigenvalue weighted by molar-refractivity contribution is -0.233. The summed E-state index contributed by atoms with van der Waals surface area (Å²) >= 11 is 0. The van der Waals surface area contributed by atoms with Gasteiger partial charge >= 0.3 is 12.1 Å². The first-order valence-electron chi connectivity index (χ1n) is 12.6. The maximum Gasteiger partial charge on any atom is 0.509 e. The molecule has 9 atom stereocenters. The van der Waals surface area contributed by atoms with E-state index in [2.05, 4.69) is 0 Å². The van der Waals surface area contributed by atoms with Gasteiger partial charge < -0.3 is 19.7 Å². The minimum atomic E-state index is -2.35. The number of hydrogen-bond acceptors (Lipinski definition) is 6. The Labute approximate surface area is 209 Å². The average molecular weight is 511 g/mol. The lowest BCUT2D eigenvalue weighted by atomic mass is 9.44. The molecule has 9 heteroatoms. The Balaban J connectivity index is 1.80. The largest absolute Gasteiger partial charge is 0.509 e. The van der Waals surface area contributed by atoms with Crippen LogP contribution in [0.4, 0.5) is 13.6 Å². The highest BCUT2D eigenvalue weighted by Crippen LogP contribution is 2.71. The zero-order valence-electron chi connectivity index (χ0n) is 21.6. The molecule has 2 N–H and O–H groups in total. The first-order chi connectivity index (χ1) is 16.5. The number of rotatable bonds is 4. The van der Waals surface area contributed by atoms with E-state index < -0.39 is 75.6 Å². The van der Waals surface area contributed by atoms with Crippen molar-refractivity contribution in [3.8, 4) is 0 Å². The highest BCUT2D eigenvalue weighted by molar-refractivity contribution is 6.01. The van der Waals surface area contributed by atoms with E-state index in [-0.39, 0.29) is 24.8 Å². The van der Waals surface area contributed by atoms with Gasteiger partial charge in [0.1, 0.15) is 11.8 Å². The Morgan fingerprint density at radius 3 is 2.44 bits per heavy atom. The standard InChI is InChI=1S/C27H36F2O7/c1-7-23(3,4)35-22(34)36-27(21(32)33)14(2)10-16-17-12-19(28)18-11-15(30)8-9-24(18,5)26(17,29)20(31)13-25(16,27)6/h8-9,11,14,16-17,19-20,31H,7,10,12-13H2,1-6H3,(H,32,33)/t14-,16+,17+,19+,20+,24+,25+,26+,27-/m1/s1. The van der Waals surface area contributed by atoms with Crippen LogP contribution in [0.5, 0.6) is 0 Å². The monoisotopic (exact) mass is 510 g/mol. The summed E-state index contributed by atoms with van der Waals surface area (Å²) in [5, 5.41) is 21.9. The molecule has 4 aliphatic rings. The fraction of sp³-hybridized carbons (Fsp3) is 0.741. The molecule has 36 heavy (non-hydrogen) atoms. The number of carbonyl (C=O) groups is 3.